The Morgan fingerprint density at radius 2 is 1.93 bits per heavy atom. The first-order chi connectivity index (χ1) is 13.3. The Kier molecular flexibility index (Phi) is 6.95. The minimum absolute atomic E-state index is 0.199. The molecule has 2 aromatic rings. The first-order valence-electron chi connectivity index (χ1n) is 10.4. The quantitative estimate of drug-likeness (QED) is 0.649. The van der Waals surface area contributed by atoms with Crippen molar-refractivity contribution in [2.75, 3.05) is 26.2 Å². The molecule has 2 unspecified atom stereocenters. The molecule has 0 saturated carbocycles. The Bertz CT molecular complexity index is 797. The van der Waals surface area contributed by atoms with Crippen molar-refractivity contribution in [3.8, 4) is 0 Å². The van der Waals surface area contributed by atoms with E-state index in [-0.39, 0.29) is 5.91 Å². The van der Waals surface area contributed by atoms with Gasteiger partial charge in [0.1, 0.15) is 0 Å². The van der Waals surface area contributed by atoms with Crippen LogP contribution < -0.4 is 0 Å². The van der Waals surface area contributed by atoms with Gasteiger partial charge in [0, 0.05) is 55.3 Å². The molecule has 0 spiro atoms. The number of hydrogen-bond acceptors (Lipinski definition) is 3. The molecule has 152 valence electrons. The first-order valence-corrected chi connectivity index (χ1v) is 11.2. The molecule has 1 saturated heterocycles. The maximum absolute atomic E-state index is 12.3. The van der Waals surface area contributed by atoms with Crippen molar-refractivity contribution >= 4 is 17.2 Å². The van der Waals surface area contributed by atoms with E-state index in [0.29, 0.717) is 17.8 Å². The lowest BCUT2D eigenvalue weighted by Gasteiger charge is -2.29. The van der Waals surface area contributed by atoms with Crippen molar-refractivity contribution in [1.82, 2.24) is 9.80 Å². The summed E-state index contributed by atoms with van der Waals surface area (Å²) in [4.78, 5) is 19.7. The molecule has 0 aliphatic carbocycles. The smallest absolute Gasteiger partial charge is 0.219 e. The standard InChI is InChI=1S/C24H34N2OS/c1-17(2)12-26(20(5)27)14-21-13-25(15-22-11-10-19(4)28-22)16-24(21)23-9-7-6-8-18(23)3/h6-11,17,21,24H,12-16H2,1-5H3. The van der Waals surface area contributed by atoms with Gasteiger partial charge in [0.2, 0.25) is 5.91 Å². The van der Waals surface area contributed by atoms with Crippen LogP contribution in [0.3, 0.4) is 0 Å². The van der Waals surface area contributed by atoms with E-state index in [9.17, 15) is 4.79 Å². The third-order valence-corrected chi connectivity index (χ3v) is 6.75. The third-order valence-electron chi connectivity index (χ3n) is 5.77. The van der Waals surface area contributed by atoms with Crippen LogP contribution in [0.1, 0.15) is 47.6 Å². The minimum atomic E-state index is 0.199. The molecule has 0 radical (unpaired) electrons. The van der Waals surface area contributed by atoms with E-state index in [2.05, 4.69) is 73.9 Å². The number of aryl methyl sites for hydroxylation is 2. The molecule has 3 rings (SSSR count). The number of amides is 1. The van der Waals surface area contributed by atoms with Crippen molar-refractivity contribution in [2.45, 2.75) is 47.1 Å². The van der Waals surface area contributed by atoms with Crippen molar-refractivity contribution in [1.29, 1.82) is 0 Å². The van der Waals surface area contributed by atoms with E-state index in [1.807, 2.05) is 11.3 Å². The van der Waals surface area contributed by atoms with Crippen LogP contribution in [0.2, 0.25) is 0 Å². The molecule has 28 heavy (non-hydrogen) atoms. The topological polar surface area (TPSA) is 23.6 Å². The fourth-order valence-corrected chi connectivity index (χ4v) is 5.41. The summed E-state index contributed by atoms with van der Waals surface area (Å²) in [5.74, 6) is 1.65. The molecule has 2 atom stereocenters. The summed E-state index contributed by atoms with van der Waals surface area (Å²) in [6, 6.07) is 13.3. The Labute approximate surface area is 174 Å². The van der Waals surface area contributed by atoms with Crippen LogP contribution in [-0.4, -0.2) is 41.9 Å². The van der Waals surface area contributed by atoms with E-state index in [4.69, 9.17) is 0 Å². The van der Waals surface area contributed by atoms with Crippen molar-refractivity contribution in [3.05, 3.63) is 57.3 Å². The summed E-state index contributed by atoms with van der Waals surface area (Å²) in [7, 11) is 0. The molecule has 0 N–H and O–H groups in total. The van der Waals surface area contributed by atoms with Gasteiger partial charge in [-0.1, -0.05) is 38.1 Å². The molecule has 1 aliphatic rings. The Hall–Kier alpha value is -1.65. The predicted octanol–water partition coefficient (Wildman–Crippen LogP) is 5.09. The van der Waals surface area contributed by atoms with Crippen LogP contribution in [-0.2, 0) is 11.3 Å². The highest BCUT2D eigenvalue weighted by Gasteiger charge is 2.36. The summed E-state index contributed by atoms with van der Waals surface area (Å²) in [6.45, 7) is 15.3. The fraction of sp³-hybridized carbons (Fsp3) is 0.542. The lowest BCUT2D eigenvalue weighted by atomic mass is 9.86. The highest BCUT2D eigenvalue weighted by atomic mass is 32.1. The van der Waals surface area contributed by atoms with Crippen LogP contribution in [0, 0.1) is 25.7 Å². The van der Waals surface area contributed by atoms with Gasteiger partial charge in [-0.3, -0.25) is 9.69 Å². The highest BCUT2D eigenvalue weighted by molar-refractivity contribution is 7.11. The molecule has 1 aromatic carbocycles. The van der Waals surface area contributed by atoms with Crippen LogP contribution in [0.5, 0.6) is 0 Å². The molecule has 4 heteroatoms. The highest BCUT2D eigenvalue weighted by Crippen LogP contribution is 2.36. The second-order valence-corrected chi connectivity index (χ2v) is 10.1. The average molecular weight is 399 g/mol. The summed E-state index contributed by atoms with van der Waals surface area (Å²) >= 11 is 1.90. The molecular formula is C24H34N2OS. The van der Waals surface area contributed by atoms with Gasteiger partial charge in [-0.25, -0.2) is 0 Å². The van der Waals surface area contributed by atoms with E-state index >= 15 is 0 Å². The molecule has 1 aliphatic heterocycles. The monoisotopic (exact) mass is 398 g/mol. The van der Waals surface area contributed by atoms with Gasteiger partial charge in [0.05, 0.1) is 0 Å². The Balaban J connectivity index is 1.81. The zero-order valence-electron chi connectivity index (χ0n) is 17.9. The zero-order chi connectivity index (χ0) is 20.3. The van der Waals surface area contributed by atoms with E-state index in [0.717, 1.165) is 32.7 Å². The van der Waals surface area contributed by atoms with Crippen molar-refractivity contribution < 1.29 is 4.79 Å². The fourth-order valence-electron chi connectivity index (χ4n) is 4.48. The van der Waals surface area contributed by atoms with Gasteiger partial charge < -0.3 is 4.90 Å². The van der Waals surface area contributed by atoms with Gasteiger partial charge >= 0.3 is 0 Å². The van der Waals surface area contributed by atoms with Crippen LogP contribution >= 0.6 is 11.3 Å². The molecule has 1 aromatic heterocycles. The maximum atomic E-state index is 12.3. The lowest BCUT2D eigenvalue weighted by Crippen LogP contribution is -2.38. The molecule has 1 amide bonds. The van der Waals surface area contributed by atoms with E-state index < -0.39 is 0 Å². The number of carbonyl (C=O) groups excluding carboxylic acids is 1. The van der Waals surface area contributed by atoms with Gasteiger partial charge in [-0.05, 0) is 48.9 Å². The normalized spacial score (nSPS) is 20.1. The molecule has 2 heterocycles. The van der Waals surface area contributed by atoms with E-state index in [1.54, 1.807) is 6.92 Å². The Morgan fingerprint density at radius 3 is 2.54 bits per heavy atom. The summed E-state index contributed by atoms with van der Waals surface area (Å²) in [5.41, 5.74) is 2.81. The number of nitrogens with zero attached hydrogens (tertiary/aromatic N) is 2. The summed E-state index contributed by atoms with van der Waals surface area (Å²) < 4.78 is 0. The Morgan fingerprint density at radius 1 is 1.18 bits per heavy atom. The molecule has 0 bridgehead atoms. The number of carbonyl (C=O) groups is 1. The van der Waals surface area contributed by atoms with E-state index in [1.165, 1.54) is 20.9 Å². The lowest BCUT2D eigenvalue weighted by molar-refractivity contribution is -0.130. The third kappa shape index (κ3) is 5.24. The average Bonchev–Trinajstić information content (AvgIpc) is 3.20. The maximum Gasteiger partial charge on any atom is 0.219 e. The number of benzene rings is 1. The van der Waals surface area contributed by atoms with Crippen LogP contribution in [0.25, 0.3) is 0 Å². The molecule has 1 fully saturated rings. The summed E-state index contributed by atoms with van der Waals surface area (Å²) in [5, 5.41) is 0. The number of rotatable bonds is 7. The van der Waals surface area contributed by atoms with Gasteiger partial charge in [0.25, 0.3) is 0 Å². The largest absolute Gasteiger partial charge is 0.342 e. The molecule has 3 nitrogen and oxygen atoms in total. The first kappa shape index (κ1) is 21.1. The zero-order valence-corrected chi connectivity index (χ0v) is 18.8. The second-order valence-electron chi connectivity index (χ2n) is 8.75. The van der Waals surface area contributed by atoms with Crippen molar-refractivity contribution in [3.63, 3.8) is 0 Å². The van der Waals surface area contributed by atoms with Crippen molar-refractivity contribution in [2.24, 2.45) is 11.8 Å². The van der Waals surface area contributed by atoms with Crippen LogP contribution in [0.4, 0.5) is 0 Å². The van der Waals surface area contributed by atoms with Gasteiger partial charge in [-0.15, -0.1) is 11.3 Å². The number of likely N-dealkylation sites (tertiary alicyclic amines) is 1. The van der Waals surface area contributed by atoms with Gasteiger partial charge in [-0.2, -0.15) is 0 Å². The molecular weight excluding hydrogens is 364 g/mol. The van der Waals surface area contributed by atoms with Gasteiger partial charge in [0.15, 0.2) is 0 Å². The minimum Gasteiger partial charge on any atom is -0.342 e. The second kappa shape index (κ2) is 9.23. The predicted molar refractivity (Wildman–Crippen MR) is 119 cm³/mol. The number of hydrogen-bond donors (Lipinski definition) is 0. The summed E-state index contributed by atoms with van der Waals surface area (Å²) in [6.07, 6.45) is 0. The number of thiophene rings is 1. The SMILES string of the molecule is CC(=O)N(CC(C)C)CC1CN(Cc2ccc(C)s2)CC1c1ccccc1C. The van der Waals surface area contributed by atoms with Crippen LogP contribution in [0.15, 0.2) is 36.4 Å².